The number of hydrogen-bond donors (Lipinski definition) is 1. The van der Waals surface area contributed by atoms with Crippen molar-refractivity contribution < 1.29 is 14.0 Å². The Morgan fingerprint density at radius 3 is 2.96 bits per heavy atom. The molecule has 124 valence electrons. The molecule has 2 unspecified atom stereocenters. The number of hydrazone groups is 1. The van der Waals surface area contributed by atoms with Gasteiger partial charge < -0.3 is 10.1 Å². The molecule has 9 heteroatoms. The van der Waals surface area contributed by atoms with Crippen LogP contribution in [0.5, 0.6) is 0 Å². The van der Waals surface area contributed by atoms with Gasteiger partial charge in [0.2, 0.25) is 0 Å². The molecule has 0 aromatic rings. The number of thioether (sulfide) groups is 1. The first-order valence-corrected chi connectivity index (χ1v) is 9.02. The SMILES string of the molecule is O=CCSC1=NC2C=C(C=NN2C2CCC(F)(P)CC2)C(=O)N1. The average Bonchev–Trinajstić information content (AvgIpc) is 2.63. The number of nitrogens with zero attached hydrogens (tertiary/aromatic N) is 3. The Labute approximate surface area is 140 Å². The third-order valence-corrected chi connectivity index (χ3v) is 5.47. The molecule has 1 amide bonds. The first-order valence-electron chi connectivity index (χ1n) is 7.46. The molecule has 23 heavy (non-hydrogen) atoms. The highest BCUT2D eigenvalue weighted by molar-refractivity contribution is 8.14. The lowest BCUT2D eigenvalue weighted by Gasteiger charge is -2.39. The Hall–Kier alpha value is -1.27. The first-order chi connectivity index (χ1) is 11.0. The Morgan fingerprint density at radius 2 is 2.26 bits per heavy atom. The number of rotatable bonds is 3. The van der Waals surface area contributed by atoms with Crippen molar-refractivity contribution in [1.82, 2.24) is 10.3 Å². The molecule has 2 aliphatic heterocycles. The van der Waals surface area contributed by atoms with Crippen LogP contribution in [0.15, 0.2) is 21.7 Å². The van der Waals surface area contributed by atoms with E-state index in [9.17, 15) is 14.0 Å². The van der Waals surface area contributed by atoms with Crippen LogP contribution in [-0.4, -0.2) is 52.0 Å². The minimum Gasteiger partial charge on any atom is -0.302 e. The van der Waals surface area contributed by atoms with E-state index in [0.29, 0.717) is 36.4 Å². The number of carbonyl (C=O) groups excluding carboxylic acids is 2. The van der Waals surface area contributed by atoms with Gasteiger partial charge in [0.05, 0.1) is 23.6 Å². The fourth-order valence-electron chi connectivity index (χ4n) is 2.87. The molecule has 1 fully saturated rings. The molecule has 0 aromatic heterocycles. The lowest BCUT2D eigenvalue weighted by atomic mass is 9.92. The maximum atomic E-state index is 14.0. The number of aldehydes is 1. The van der Waals surface area contributed by atoms with Crippen LogP contribution < -0.4 is 5.32 Å². The fourth-order valence-corrected chi connectivity index (χ4v) is 3.78. The van der Waals surface area contributed by atoms with Crippen molar-refractivity contribution in [2.24, 2.45) is 10.1 Å². The zero-order valence-electron chi connectivity index (χ0n) is 12.4. The van der Waals surface area contributed by atoms with Gasteiger partial charge in [0, 0.05) is 0 Å². The van der Waals surface area contributed by atoms with Crippen molar-refractivity contribution in [2.45, 2.75) is 43.3 Å². The molecular formula is C14H18FN4O2PS. The Balaban J connectivity index is 1.77. The Bertz CT molecular complexity index is 598. The van der Waals surface area contributed by atoms with Crippen molar-refractivity contribution >= 4 is 44.6 Å². The van der Waals surface area contributed by atoms with Crippen molar-refractivity contribution in [2.75, 3.05) is 5.75 Å². The number of hydrogen-bond acceptors (Lipinski definition) is 6. The van der Waals surface area contributed by atoms with Gasteiger partial charge in [-0.1, -0.05) is 21.0 Å². The van der Waals surface area contributed by atoms with Crippen LogP contribution in [0.25, 0.3) is 0 Å². The molecule has 1 saturated carbocycles. The molecule has 0 aromatic carbocycles. The van der Waals surface area contributed by atoms with E-state index in [0.717, 1.165) is 6.29 Å². The van der Waals surface area contributed by atoms with Gasteiger partial charge in [0.1, 0.15) is 11.7 Å². The van der Waals surface area contributed by atoms with Crippen LogP contribution in [0.4, 0.5) is 4.39 Å². The van der Waals surface area contributed by atoms with E-state index in [1.54, 1.807) is 6.08 Å². The molecule has 3 rings (SSSR count). The standard InChI is InChI=1S/C14H18FN4O2PS/c15-14(22)3-1-10(2-4-14)19-11-7-9(8-16-19)12(21)18-13(17-11)23-6-5-20/h5,7-8,10-11H,1-4,6,22H2,(H,17,18,21). The topological polar surface area (TPSA) is 74.1 Å². The van der Waals surface area contributed by atoms with Gasteiger partial charge in [-0.15, -0.1) is 0 Å². The number of carbonyl (C=O) groups is 2. The van der Waals surface area contributed by atoms with Gasteiger partial charge in [-0.3, -0.25) is 9.80 Å². The van der Waals surface area contributed by atoms with E-state index >= 15 is 0 Å². The van der Waals surface area contributed by atoms with E-state index in [1.165, 1.54) is 18.0 Å². The smallest absolute Gasteiger partial charge is 0.258 e. The average molecular weight is 356 g/mol. The predicted molar refractivity (Wildman–Crippen MR) is 92.1 cm³/mol. The maximum Gasteiger partial charge on any atom is 0.258 e. The number of halogens is 1. The normalized spacial score (nSPS) is 33.5. The van der Waals surface area contributed by atoms with Crippen LogP contribution in [0.3, 0.4) is 0 Å². The summed E-state index contributed by atoms with van der Waals surface area (Å²) in [6, 6.07) is 0.0905. The van der Waals surface area contributed by atoms with E-state index in [2.05, 4.69) is 24.7 Å². The minimum atomic E-state index is -1.19. The first kappa shape index (κ1) is 16.6. The second kappa shape index (κ2) is 6.69. The molecule has 1 aliphatic carbocycles. The fraction of sp³-hybridized carbons (Fsp3) is 0.571. The monoisotopic (exact) mass is 356 g/mol. The molecule has 0 saturated heterocycles. The molecule has 0 radical (unpaired) electrons. The van der Waals surface area contributed by atoms with E-state index in [1.807, 2.05) is 5.01 Å². The Morgan fingerprint density at radius 1 is 1.52 bits per heavy atom. The largest absolute Gasteiger partial charge is 0.302 e. The third kappa shape index (κ3) is 3.80. The highest BCUT2D eigenvalue weighted by Crippen LogP contribution is 2.40. The second-order valence-electron chi connectivity index (χ2n) is 5.79. The number of nitrogens with one attached hydrogen (secondary N) is 1. The van der Waals surface area contributed by atoms with Crippen LogP contribution >= 0.6 is 21.0 Å². The van der Waals surface area contributed by atoms with E-state index in [4.69, 9.17) is 0 Å². The van der Waals surface area contributed by atoms with Gasteiger partial charge >= 0.3 is 0 Å². The number of amides is 1. The zero-order valence-corrected chi connectivity index (χ0v) is 14.4. The van der Waals surface area contributed by atoms with Crippen LogP contribution in [0, 0.1) is 0 Å². The second-order valence-corrected chi connectivity index (χ2v) is 7.84. The molecular weight excluding hydrogens is 338 g/mol. The van der Waals surface area contributed by atoms with Gasteiger partial charge in [0.25, 0.3) is 5.91 Å². The van der Waals surface area contributed by atoms with Crippen molar-refractivity contribution in [1.29, 1.82) is 0 Å². The summed E-state index contributed by atoms with van der Waals surface area (Å²) in [4.78, 5) is 27.1. The zero-order chi connectivity index (χ0) is 16.4. The summed E-state index contributed by atoms with van der Waals surface area (Å²) in [5.74, 6) is -0.0486. The summed E-state index contributed by atoms with van der Waals surface area (Å²) in [5.41, 5.74) is 0.457. The summed E-state index contributed by atoms with van der Waals surface area (Å²) < 4.78 is 14.0. The van der Waals surface area contributed by atoms with Crippen molar-refractivity contribution in [3.05, 3.63) is 11.6 Å². The molecule has 6 nitrogen and oxygen atoms in total. The summed E-state index contributed by atoms with van der Waals surface area (Å²) in [7, 11) is 2.29. The highest BCUT2D eigenvalue weighted by Gasteiger charge is 2.37. The lowest BCUT2D eigenvalue weighted by molar-refractivity contribution is -0.115. The van der Waals surface area contributed by atoms with Gasteiger partial charge in [-0.25, -0.2) is 9.38 Å². The molecule has 3 aliphatic rings. The van der Waals surface area contributed by atoms with Gasteiger partial charge in [0.15, 0.2) is 11.3 Å². The van der Waals surface area contributed by atoms with Crippen molar-refractivity contribution in [3.8, 4) is 0 Å². The molecule has 1 N–H and O–H groups in total. The number of amidine groups is 1. The summed E-state index contributed by atoms with van der Waals surface area (Å²) in [6.07, 6.45) is 5.94. The highest BCUT2D eigenvalue weighted by atomic mass is 32.2. The summed E-state index contributed by atoms with van der Waals surface area (Å²) >= 11 is 1.18. The van der Waals surface area contributed by atoms with Gasteiger partial charge in [-0.05, 0) is 31.8 Å². The summed E-state index contributed by atoms with van der Waals surface area (Å²) in [6.45, 7) is 0. The number of aliphatic imine (C=N–C) groups is 1. The Kier molecular flexibility index (Phi) is 4.82. The maximum absolute atomic E-state index is 14.0. The van der Waals surface area contributed by atoms with Crippen LogP contribution in [-0.2, 0) is 9.59 Å². The predicted octanol–water partition coefficient (Wildman–Crippen LogP) is 1.44. The third-order valence-electron chi connectivity index (χ3n) is 4.11. The molecule has 2 bridgehead atoms. The van der Waals surface area contributed by atoms with Gasteiger partial charge in [-0.2, -0.15) is 5.10 Å². The number of fused-ring (bicyclic) bond motifs is 1. The van der Waals surface area contributed by atoms with Crippen LogP contribution in [0.2, 0.25) is 0 Å². The number of alkyl halides is 1. The van der Waals surface area contributed by atoms with E-state index in [-0.39, 0.29) is 17.7 Å². The minimum absolute atomic E-state index is 0.0905. The molecule has 2 atom stereocenters. The van der Waals surface area contributed by atoms with Crippen molar-refractivity contribution in [3.63, 3.8) is 0 Å². The molecule has 2 heterocycles. The van der Waals surface area contributed by atoms with E-state index < -0.39 is 11.6 Å². The molecule has 0 spiro atoms. The van der Waals surface area contributed by atoms with Crippen LogP contribution in [0.1, 0.15) is 25.7 Å². The quantitative estimate of drug-likeness (QED) is 0.613. The lowest BCUT2D eigenvalue weighted by Crippen LogP contribution is -2.43. The summed E-state index contributed by atoms with van der Waals surface area (Å²) in [5, 5.41) is 8.12.